The number of nitrogens with one attached hydrogen (secondary N) is 1. The van der Waals surface area contributed by atoms with E-state index in [9.17, 15) is 45.7 Å². The molecule has 2 aromatic carbocycles. The van der Waals surface area contributed by atoms with Gasteiger partial charge in [0, 0.05) is 11.6 Å². The first-order chi connectivity index (χ1) is 17.1. The monoisotopic (exact) mass is 491 g/mol. The quantitative estimate of drug-likeness (QED) is 0.138. The minimum Gasteiger partial charge on any atom is -0.507 e. The van der Waals surface area contributed by atoms with Gasteiger partial charge in [0.1, 0.15) is 34.3 Å². The molecule has 0 amide bonds. The zero-order valence-electron chi connectivity index (χ0n) is 17.7. The summed E-state index contributed by atoms with van der Waals surface area (Å²) in [6.07, 6.45) is 2.12. The molecule has 0 spiro atoms. The van der Waals surface area contributed by atoms with Crippen molar-refractivity contribution in [2.75, 3.05) is 5.32 Å². The first kappa shape index (κ1) is 22.1. The van der Waals surface area contributed by atoms with Crippen molar-refractivity contribution in [2.24, 2.45) is 0 Å². The molecule has 4 aromatic rings. The van der Waals surface area contributed by atoms with E-state index in [2.05, 4.69) is 10.4 Å². The molecule has 0 radical (unpaired) electrons. The maximum absolute atomic E-state index is 13.1. The zero-order valence-corrected chi connectivity index (χ0v) is 17.7. The van der Waals surface area contributed by atoms with E-state index in [1.807, 2.05) is 6.07 Å². The Hall–Kier alpha value is -5.71. The third-order valence-corrected chi connectivity index (χ3v) is 5.66. The van der Waals surface area contributed by atoms with Crippen molar-refractivity contribution in [1.29, 1.82) is 5.26 Å². The van der Waals surface area contributed by atoms with Crippen molar-refractivity contribution in [3.05, 3.63) is 73.8 Å². The molecule has 1 aliphatic rings. The Labute approximate surface area is 198 Å². The third kappa shape index (κ3) is 3.04. The fraction of sp³-hybridized carbons (Fsp3) is 0.0455. The Morgan fingerprint density at radius 3 is 2.53 bits per heavy atom. The van der Waals surface area contributed by atoms with E-state index < -0.39 is 67.6 Å². The zero-order chi connectivity index (χ0) is 25.9. The molecule has 6 N–H and O–H groups in total. The molecule has 14 nitrogen and oxygen atoms in total. The third-order valence-electron chi connectivity index (χ3n) is 5.66. The van der Waals surface area contributed by atoms with Gasteiger partial charge in [0.15, 0.2) is 28.9 Å². The number of phenolic OH excluding ortho intramolecular Hbond substituents is 4. The van der Waals surface area contributed by atoms with E-state index in [1.54, 1.807) is 0 Å². The summed E-state index contributed by atoms with van der Waals surface area (Å²) in [7, 11) is 0. The Morgan fingerprint density at radius 1 is 1.11 bits per heavy atom. The normalized spacial score (nSPS) is 14.5. The van der Waals surface area contributed by atoms with E-state index in [-0.39, 0.29) is 22.5 Å². The van der Waals surface area contributed by atoms with Gasteiger partial charge in [-0.15, -0.1) is 0 Å². The molecule has 1 atom stereocenters. The van der Waals surface area contributed by atoms with Gasteiger partial charge in [-0.05, 0) is 18.2 Å². The van der Waals surface area contributed by atoms with Gasteiger partial charge in [-0.25, -0.2) is 4.68 Å². The van der Waals surface area contributed by atoms with E-state index in [0.717, 1.165) is 35.3 Å². The van der Waals surface area contributed by atoms with Crippen LogP contribution in [0.15, 0.2) is 51.6 Å². The summed E-state index contributed by atoms with van der Waals surface area (Å²) in [5.74, 6) is -4.03. The lowest BCUT2D eigenvalue weighted by molar-refractivity contribution is -0.431. The molecule has 3 heterocycles. The van der Waals surface area contributed by atoms with E-state index in [4.69, 9.17) is 4.42 Å². The predicted molar refractivity (Wildman–Crippen MR) is 120 cm³/mol. The lowest BCUT2D eigenvalue weighted by atomic mass is 9.97. The number of rotatable bonds is 3. The average molecular weight is 491 g/mol. The van der Waals surface area contributed by atoms with Crippen molar-refractivity contribution in [2.45, 2.75) is 6.04 Å². The number of aromatic nitrogens is 2. The molecular formula is C22H13N5O9. The van der Waals surface area contributed by atoms with E-state index in [0.29, 0.717) is 0 Å². The molecule has 14 heteroatoms. The predicted octanol–water partition coefficient (Wildman–Crippen LogP) is 2.19. The maximum Gasteiger partial charge on any atom is 0.291 e. The van der Waals surface area contributed by atoms with Crippen LogP contribution >= 0.6 is 0 Å². The Balaban J connectivity index is 1.90. The molecule has 0 aliphatic carbocycles. The molecule has 36 heavy (non-hydrogen) atoms. The highest BCUT2D eigenvalue weighted by molar-refractivity contribution is 5.92. The smallest absolute Gasteiger partial charge is 0.291 e. The van der Waals surface area contributed by atoms with Crippen molar-refractivity contribution < 1.29 is 34.9 Å². The average Bonchev–Trinajstić information content (AvgIpc) is 3.26. The number of anilines is 1. The van der Waals surface area contributed by atoms with Crippen LogP contribution in [-0.2, 0) is 0 Å². The molecule has 0 fully saturated rings. The molecule has 1 aliphatic heterocycles. The highest BCUT2D eigenvalue weighted by atomic mass is 16.6. The number of nitriles is 1. The molecular weight excluding hydrogens is 478 g/mol. The van der Waals surface area contributed by atoms with Crippen LogP contribution in [-0.4, -0.2) is 40.2 Å². The topological polar surface area (TPSA) is 228 Å². The second-order valence-electron chi connectivity index (χ2n) is 7.68. The minimum atomic E-state index is -1.55. The highest BCUT2D eigenvalue weighted by Crippen LogP contribution is 2.46. The number of aromatic hydroxyl groups is 5. The fourth-order valence-corrected chi connectivity index (χ4v) is 4.02. The van der Waals surface area contributed by atoms with E-state index in [1.165, 1.54) is 6.07 Å². The first-order valence-corrected chi connectivity index (χ1v) is 9.99. The standard InChI is InChI=1S/C22H13N5O9/c23-5-9-6-25-26-17(10(27(34)35)7-24-22(9)26)15-13(30)4-14(31)16-18(32)19(33)20(36-21(15)16)8-1-2-11(28)12(29)3-8/h1-4,6-7,17,24,28-31,33H. The van der Waals surface area contributed by atoms with Gasteiger partial charge in [-0.2, -0.15) is 10.4 Å². The van der Waals surface area contributed by atoms with Crippen LogP contribution in [0.3, 0.4) is 0 Å². The summed E-state index contributed by atoms with van der Waals surface area (Å²) in [4.78, 5) is 24.2. The lowest BCUT2D eigenvalue weighted by Crippen LogP contribution is -2.26. The molecule has 0 bridgehead atoms. The van der Waals surface area contributed by atoms with Gasteiger partial charge in [0.25, 0.3) is 5.70 Å². The molecule has 0 saturated carbocycles. The fourth-order valence-electron chi connectivity index (χ4n) is 4.02. The number of benzene rings is 2. The molecule has 1 unspecified atom stereocenters. The van der Waals surface area contributed by atoms with Crippen molar-refractivity contribution >= 4 is 16.8 Å². The summed E-state index contributed by atoms with van der Waals surface area (Å²) in [5.41, 5.74) is -2.65. The largest absolute Gasteiger partial charge is 0.507 e. The lowest BCUT2D eigenvalue weighted by Gasteiger charge is -2.23. The number of hydrogen-bond acceptors (Lipinski definition) is 12. The highest BCUT2D eigenvalue weighted by Gasteiger charge is 2.40. The van der Waals surface area contributed by atoms with Crippen molar-refractivity contribution in [1.82, 2.24) is 9.78 Å². The molecule has 5 rings (SSSR count). The van der Waals surface area contributed by atoms with Crippen LogP contribution in [0, 0.1) is 21.4 Å². The van der Waals surface area contributed by atoms with Gasteiger partial charge in [0.05, 0.1) is 22.9 Å². The maximum atomic E-state index is 13.1. The Morgan fingerprint density at radius 2 is 1.86 bits per heavy atom. The van der Waals surface area contributed by atoms with Gasteiger partial charge < -0.3 is 35.3 Å². The Kier molecular flexibility index (Phi) is 4.71. The van der Waals surface area contributed by atoms with Gasteiger partial charge in [0.2, 0.25) is 11.2 Å². The van der Waals surface area contributed by atoms with E-state index >= 15 is 0 Å². The number of fused-ring (bicyclic) bond motifs is 2. The number of allylic oxidation sites excluding steroid dienone is 1. The summed E-state index contributed by atoms with van der Waals surface area (Å²) in [6, 6.07) is 4.34. The van der Waals surface area contributed by atoms with Crippen LogP contribution < -0.4 is 10.7 Å². The molecule has 2 aromatic heterocycles. The summed E-state index contributed by atoms with van der Waals surface area (Å²) in [6.45, 7) is 0. The number of nitrogens with zero attached hydrogens (tertiary/aromatic N) is 4. The minimum absolute atomic E-state index is 0.0283. The van der Waals surface area contributed by atoms with Crippen LogP contribution in [0.4, 0.5) is 5.82 Å². The number of phenols is 4. The second kappa shape index (κ2) is 7.67. The second-order valence-corrected chi connectivity index (χ2v) is 7.68. The summed E-state index contributed by atoms with van der Waals surface area (Å²) in [5, 5.41) is 78.4. The van der Waals surface area contributed by atoms with Gasteiger partial charge >= 0.3 is 0 Å². The summed E-state index contributed by atoms with van der Waals surface area (Å²) >= 11 is 0. The molecule has 180 valence electrons. The van der Waals surface area contributed by atoms with Crippen LogP contribution in [0.1, 0.15) is 17.2 Å². The number of nitro groups is 1. The van der Waals surface area contributed by atoms with Crippen LogP contribution in [0.5, 0.6) is 28.7 Å². The SMILES string of the molecule is N#Cc1cnn2c1NC=C([N+](=O)[O-])C2c1c(O)cc(O)c2c(=O)c(O)c(-c3ccc(O)c(O)c3)oc12. The van der Waals surface area contributed by atoms with Crippen LogP contribution in [0.25, 0.3) is 22.3 Å². The Bertz CT molecular complexity index is 1750. The van der Waals surface area contributed by atoms with Gasteiger partial charge in [-0.3, -0.25) is 14.9 Å². The molecule has 0 saturated heterocycles. The first-order valence-electron chi connectivity index (χ1n) is 9.99. The van der Waals surface area contributed by atoms with Crippen LogP contribution in [0.2, 0.25) is 0 Å². The van der Waals surface area contributed by atoms with Gasteiger partial charge in [-0.1, -0.05) is 0 Å². The number of hydrogen-bond donors (Lipinski definition) is 6. The summed E-state index contributed by atoms with van der Waals surface area (Å²) < 4.78 is 6.77. The van der Waals surface area contributed by atoms with Crippen molar-refractivity contribution in [3.8, 4) is 46.1 Å². The van der Waals surface area contributed by atoms with Crippen molar-refractivity contribution in [3.63, 3.8) is 0 Å².